The molecule has 1 saturated carbocycles. The molecule has 2 aliphatic rings. The predicted molar refractivity (Wildman–Crippen MR) is 69.4 cm³/mol. The van der Waals surface area contributed by atoms with Crippen LogP contribution in [0.15, 0.2) is 0 Å². The average molecular weight is 224 g/mol. The predicted octanol–water partition coefficient (Wildman–Crippen LogP) is 2.77. The Hall–Kier alpha value is -0.0800. The first-order valence-corrected chi connectivity index (χ1v) is 7.23. The molecule has 1 unspecified atom stereocenters. The molecule has 16 heavy (non-hydrogen) atoms. The third-order valence-electron chi connectivity index (χ3n) is 5.07. The van der Waals surface area contributed by atoms with E-state index >= 15 is 0 Å². The SMILES string of the molecule is CCCN1CCC(N)C12CCC(CC)CC2. The molecule has 2 rings (SSSR count). The van der Waals surface area contributed by atoms with Gasteiger partial charge in [-0.2, -0.15) is 0 Å². The highest BCUT2D eigenvalue weighted by Crippen LogP contribution is 2.43. The molecule has 1 aliphatic carbocycles. The van der Waals surface area contributed by atoms with Gasteiger partial charge in [0, 0.05) is 18.1 Å². The summed E-state index contributed by atoms with van der Waals surface area (Å²) in [5.74, 6) is 0.974. The van der Waals surface area contributed by atoms with E-state index in [0.717, 1.165) is 5.92 Å². The molecule has 2 N–H and O–H groups in total. The summed E-state index contributed by atoms with van der Waals surface area (Å²) in [6.45, 7) is 7.12. The normalized spacial score (nSPS) is 40.7. The van der Waals surface area contributed by atoms with Crippen molar-refractivity contribution in [1.29, 1.82) is 0 Å². The van der Waals surface area contributed by atoms with Gasteiger partial charge in [-0.25, -0.2) is 0 Å². The van der Waals surface area contributed by atoms with Crippen LogP contribution < -0.4 is 5.73 Å². The van der Waals surface area contributed by atoms with E-state index < -0.39 is 0 Å². The molecule has 0 aromatic rings. The summed E-state index contributed by atoms with van der Waals surface area (Å²) in [5, 5.41) is 0. The molecular formula is C14H28N2. The minimum atomic E-state index is 0.391. The second-order valence-corrected chi connectivity index (χ2v) is 5.84. The van der Waals surface area contributed by atoms with Crippen molar-refractivity contribution in [2.75, 3.05) is 13.1 Å². The molecule has 0 radical (unpaired) electrons. The van der Waals surface area contributed by atoms with E-state index in [1.54, 1.807) is 0 Å². The first-order chi connectivity index (χ1) is 7.73. The van der Waals surface area contributed by atoms with Crippen molar-refractivity contribution < 1.29 is 0 Å². The zero-order valence-electron chi connectivity index (χ0n) is 11.0. The molecule has 0 amide bonds. The molecule has 1 heterocycles. The first kappa shape index (κ1) is 12.4. The molecule has 0 aromatic heterocycles. The van der Waals surface area contributed by atoms with Gasteiger partial charge in [0.1, 0.15) is 0 Å². The van der Waals surface area contributed by atoms with Crippen LogP contribution in [-0.2, 0) is 0 Å². The van der Waals surface area contributed by atoms with E-state index in [9.17, 15) is 0 Å². The first-order valence-electron chi connectivity index (χ1n) is 7.23. The van der Waals surface area contributed by atoms with Crippen LogP contribution in [0.1, 0.15) is 58.8 Å². The summed E-state index contributed by atoms with van der Waals surface area (Å²) >= 11 is 0. The van der Waals surface area contributed by atoms with Crippen LogP contribution in [0.3, 0.4) is 0 Å². The summed E-state index contributed by atoms with van der Waals surface area (Å²) in [6, 6.07) is 0.442. The number of likely N-dealkylation sites (tertiary alicyclic amines) is 1. The third-order valence-corrected chi connectivity index (χ3v) is 5.07. The van der Waals surface area contributed by atoms with Crippen LogP contribution in [0.4, 0.5) is 0 Å². The van der Waals surface area contributed by atoms with E-state index in [0.29, 0.717) is 11.6 Å². The maximum absolute atomic E-state index is 6.41. The number of hydrogen-bond acceptors (Lipinski definition) is 2. The lowest BCUT2D eigenvalue weighted by Gasteiger charge is -2.46. The number of nitrogens with two attached hydrogens (primary N) is 1. The topological polar surface area (TPSA) is 29.3 Å². The van der Waals surface area contributed by atoms with Crippen LogP contribution in [0.2, 0.25) is 0 Å². The zero-order valence-corrected chi connectivity index (χ0v) is 11.0. The average Bonchev–Trinajstić information content (AvgIpc) is 2.60. The van der Waals surface area contributed by atoms with Gasteiger partial charge in [-0.05, 0) is 51.0 Å². The minimum Gasteiger partial charge on any atom is -0.326 e. The Morgan fingerprint density at radius 2 is 1.88 bits per heavy atom. The van der Waals surface area contributed by atoms with Crippen LogP contribution in [0, 0.1) is 5.92 Å². The molecule has 1 spiro atoms. The van der Waals surface area contributed by atoms with Gasteiger partial charge in [-0.15, -0.1) is 0 Å². The van der Waals surface area contributed by atoms with Crippen molar-refractivity contribution in [3.63, 3.8) is 0 Å². The monoisotopic (exact) mass is 224 g/mol. The van der Waals surface area contributed by atoms with Gasteiger partial charge < -0.3 is 5.73 Å². The highest BCUT2D eigenvalue weighted by molar-refractivity contribution is 5.06. The highest BCUT2D eigenvalue weighted by atomic mass is 15.2. The lowest BCUT2D eigenvalue weighted by molar-refractivity contribution is 0.0625. The van der Waals surface area contributed by atoms with Crippen LogP contribution in [-0.4, -0.2) is 29.6 Å². The van der Waals surface area contributed by atoms with Gasteiger partial charge in [0.25, 0.3) is 0 Å². The fourth-order valence-electron chi connectivity index (χ4n) is 3.90. The fraction of sp³-hybridized carbons (Fsp3) is 1.00. The van der Waals surface area contributed by atoms with E-state index in [2.05, 4.69) is 18.7 Å². The Morgan fingerprint density at radius 3 is 2.44 bits per heavy atom. The lowest BCUT2D eigenvalue weighted by Crippen LogP contribution is -2.55. The Kier molecular flexibility index (Phi) is 3.91. The van der Waals surface area contributed by atoms with Crippen LogP contribution >= 0.6 is 0 Å². The molecule has 0 aromatic carbocycles. The maximum Gasteiger partial charge on any atom is 0.0361 e. The van der Waals surface area contributed by atoms with E-state index in [4.69, 9.17) is 5.73 Å². The molecule has 1 aliphatic heterocycles. The quantitative estimate of drug-likeness (QED) is 0.798. The lowest BCUT2D eigenvalue weighted by atomic mass is 9.72. The van der Waals surface area contributed by atoms with Gasteiger partial charge in [0.05, 0.1) is 0 Å². The maximum atomic E-state index is 6.41. The van der Waals surface area contributed by atoms with Crippen molar-refractivity contribution >= 4 is 0 Å². The fourth-order valence-corrected chi connectivity index (χ4v) is 3.90. The summed E-state index contributed by atoms with van der Waals surface area (Å²) < 4.78 is 0. The second-order valence-electron chi connectivity index (χ2n) is 5.84. The molecule has 1 atom stereocenters. The van der Waals surface area contributed by atoms with Crippen molar-refractivity contribution in [3.8, 4) is 0 Å². The molecule has 2 fully saturated rings. The minimum absolute atomic E-state index is 0.391. The summed E-state index contributed by atoms with van der Waals surface area (Å²) in [5.41, 5.74) is 6.80. The Balaban J connectivity index is 2.04. The van der Waals surface area contributed by atoms with E-state index in [-0.39, 0.29) is 0 Å². The number of hydrogen-bond donors (Lipinski definition) is 1. The van der Waals surface area contributed by atoms with Crippen molar-refractivity contribution in [1.82, 2.24) is 4.90 Å². The largest absolute Gasteiger partial charge is 0.326 e. The third kappa shape index (κ3) is 2.02. The second kappa shape index (κ2) is 5.05. The smallest absolute Gasteiger partial charge is 0.0361 e. The molecular weight excluding hydrogens is 196 g/mol. The zero-order chi connectivity index (χ0) is 11.6. The molecule has 94 valence electrons. The van der Waals surface area contributed by atoms with Gasteiger partial charge in [0.2, 0.25) is 0 Å². The van der Waals surface area contributed by atoms with Crippen LogP contribution in [0.25, 0.3) is 0 Å². The van der Waals surface area contributed by atoms with Crippen molar-refractivity contribution in [3.05, 3.63) is 0 Å². The molecule has 2 nitrogen and oxygen atoms in total. The summed E-state index contributed by atoms with van der Waals surface area (Å²) in [7, 11) is 0. The van der Waals surface area contributed by atoms with Gasteiger partial charge in [-0.3, -0.25) is 4.90 Å². The van der Waals surface area contributed by atoms with Crippen molar-refractivity contribution in [2.24, 2.45) is 11.7 Å². The number of rotatable bonds is 3. The molecule has 0 bridgehead atoms. The number of nitrogens with zero attached hydrogens (tertiary/aromatic N) is 1. The molecule has 2 heteroatoms. The molecule has 1 saturated heterocycles. The Labute approximate surface area is 101 Å². The van der Waals surface area contributed by atoms with Gasteiger partial charge >= 0.3 is 0 Å². The van der Waals surface area contributed by atoms with Crippen molar-refractivity contribution in [2.45, 2.75) is 70.4 Å². The summed E-state index contributed by atoms with van der Waals surface area (Å²) in [4.78, 5) is 2.71. The van der Waals surface area contributed by atoms with Gasteiger partial charge in [0.15, 0.2) is 0 Å². The Morgan fingerprint density at radius 1 is 1.19 bits per heavy atom. The van der Waals surface area contributed by atoms with Crippen LogP contribution in [0.5, 0.6) is 0 Å². The Bertz CT molecular complexity index is 217. The van der Waals surface area contributed by atoms with E-state index in [1.165, 1.54) is 58.0 Å². The van der Waals surface area contributed by atoms with E-state index in [1.807, 2.05) is 0 Å². The highest BCUT2D eigenvalue weighted by Gasteiger charge is 2.47. The summed E-state index contributed by atoms with van der Waals surface area (Å²) in [6.07, 6.45) is 9.37. The van der Waals surface area contributed by atoms with Gasteiger partial charge in [-0.1, -0.05) is 20.3 Å². The standard InChI is InChI=1S/C14H28N2/c1-3-10-16-11-7-13(15)14(16)8-5-12(4-2)6-9-14/h12-13H,3-11,15H2,1-2H3.